The Bertz CT molecular complexity index is 539. The maximum Gasteiger partial charge on any atom is 0.0701 e. The lowest BCUT2D eigenvalue weighted by molar-refractivity contribution is 1.16. The molecule has 0 fully saturated rings. The molecule has 0 amide bonds. The van der Waals surface area contributed by atoms with Gasteiger partial charge in [-0.3, -0.25) is 0 Å². The minimum atomic E-state index is 0.696. The molecule has 1 aromatic heterocycles. The highest BCUT2D eigenvalue weighted by Crippen LogP contribution is 2.29. The lowest BCUT2D eigenvalue weighted by Crippen LogP contribution is -1.99. The lowest BCUT2D eigenvalue weighted by atomic mass is 10.2. The van der Waals surface area contributed by atoms with Gasteiger partial charge in [0.25, 0.3) is 0 Å². The summed E-state index contributed by atoms with van der Waals surface area (Å²) < 4.78 is 1.13. The van der Waals surface area contributed by atoms with Crippen molar-refractivity contribution < 1.29 is 0 Å². The van der Waals surface area contributed by atoms with E-state index in [4.69, 9.17) is 23.2 Å². The number of nitrogens with one attached hydrogen (secondary N) is 1. The molecular weight excluding hydrogens is 341 g/mol. The van der Waals surface area contributed by atoms with Gasteiger partial charge in [0.1, 0.15) is 0 Å². The number of anilines is 1. The summed E-state index contributed by atoms with van der Waals surface area (Å²) in [5, 5.41) is 6.80. The third-order valence-electron chi connectivity index (χ3n) is 2.35. The average molecular weight is 351 g/mol. The van der Waals surface area contributed by atoms with Crippen molar-refractivity contribution in [2.24, 2.45) is 0 Å². The maximum absolute atomic E-state index is 6.15. The first kappa shape index (κ1) is 13.2. The second kappa shape index (κ2) is 5.61. The van der Waals surface area contributed by atoms with Crippen molar-refractivity contribution in [3.63, 3.8) is 0 Å². The van der Waals surface area contributed by atoms with Crippen LogP contribution < -0.4 is 5.32 Å². The van der Waals surface area contributed by atoms with Crippen molar-refractivity contribution in [1.82, 2.24) is 0 Å². The standard InChI is InChI=1S/C12H10BrCl2NS/c1-7-2-10(15)11(4-9(7)14)16-5-8-3-12(13)17-6-8/h2-4,6,16H,5H2,1H3. The Hall–Kier alpha value is -0.220. The van der Waals surface area contributed by atoms with Gasteiger partial charge in [0.15, 0.2) is 0 Å². The number of halogens is 3. The Morgan fingerprint density at radius 3 is 2.65 bits per heavy atom. The van der Waals surface area contributed by atoms with E-state index in [1.807, 2.05) is 19.1 Å². The molecule has 0 radical (unpaired) electrons. The molecule has 0 atom stereocenters. The molecule has 1 aromatic carbocycles. The summed E-state index contributed by atoms with van der Waals surface area (Å²) >= 11 is 17.3. The number of rotatable bonds is 3. The number of hydrogen-bond acceptors (Lipinski definition) is 2. The Morgan fingerprint density at radius 1 is 1.24 bits per heavy atom. The van der Waals surface area contributed by atoms with Crippen LogP contribution in [-0.2, 0) is 6.54 Å². The molecule has 0 saturated heterocycles. The van der Waals surface area contributed by atoms with E-state index >= 15 is 0 Å². The van der Waals surface area contributed by atoms with E-state index < -0.39 is 0 Å². The van der Waals surface area contributed by atoms with Crippen LogP contribution in [0.1, 0.15) is 11.1 Å². The van der Waals surface area contributed by atoms with Crippen molar-refractivity contribution in [1.29, 1.82) is 0 Å². The molecule has 0 aliphatic heterocycles. The predicted molar refractivity (Wildman–Crippen MR) is 80.5 cm³/mol. The first-order chi connectivity index (χ1) is 8.06. The van der Waals surface area contributed by atoms with Gasteiger partial charge in [-0.05, 0) is 57.6 Å². The number of hydrogen-bond donors (Lipinski definition) is 1. The van der Waals surface area contributed by atoms with Crippen molar-refractivity contribution in [3.05, 3.63) is 48.5 Å². The molecule has 0 aliphatic rings. The van der Waals surface area contributed by atoms with Crippen LogP contribution in [0.2, 0.25) is 10.0 Å². The zero-order chi connectivity index (χ0) is 12.4. The maximum atomic E-state index is 6.15. The average Bonchev–Trinajstić information content (AvgIpc) is 2.68. The van der Waals surface area contributed by atoms with Gasteiger partial charge < -0.3 is 5.32 Å². The molecule has 0 spiro atoms. The highest BCUT2D eigenvalue weighted by molar-refractivity contribution is 9.11. The number of thiophene rings is 1. The van der Waals surface area contributed by atoms with E-state index in [-0.39, 0.29) is 0 Å². The molecule has 0 aliphatic carbocycles. The first-order valence-corrected chi connectivity index (χ1v) is 7.41. The van der Waals surface area contributed by atoms with Crippen LogP contribution in [0.4, 0.5) is 5.69 Å². The summed E-state index contributed by atoms with van der Waals surface area (Å²) in [6.45, 7) is 2.68. The summed E-state index contributed by atoms with van der Waals surface area (Å²) in [7, 11) is 0. The minimum absolute atomic E-state index is 0.696. The first-order valence-electron chi connectivity index (χ1n) is 4.98. The quantitative estimate of drug-likeness (QED) is 0.744. The van der Waals surface area contributed by atoms with Crippen molar-refractivity contribution >= 4 is 56.2 Å². The largest absolute Gasteiger partial charge is 0.380 e. The Kier molecular flexibility index (Phi) is 4.36. The molecule has 0 saturated carbocycles. The van der Waals surface area contributed by atoms with Gasteiger partial charge in [-0.1, -0.05) is 23.2 Å². The van der Waals surface area contributed by atoms with E-state index in [1.54, 1.807) is 11.3 Å². The fourth-order valence-electron chi connectivity index (χ4n) is 1.42. The smallest absolute Gasteiger partial charge is 0.0701 e. The molecule has 2 aromatic rings. The van der Waals surface area contributed by atoms with Crippen LogP contribution in [0.25, 0.3) is 0 Å². The minimum Gasteiger partial charge on any atom is -0.380 e. The molecule has 0 unspecified atom stereocenters. The molecule has 1 N–H and O–H groups in total. The Labute approximate surface area is 123 Å². The summed E-state index contributed by atoms with van der Waals surface area (Å²) in [4.78, 5) is 0. The second-order valence-electron chi connectivity index (χ2n) is 3.69. The fraction of sp³-hybridized carbons (Fsp3) is 0.167. The number of aryl methyl sites for hydroxylation is 1. The topological polar surface area (TPSA) is 12.0 Å². The molecule has 17 heavy (non-hydrogen) atoms. The molecule has 5 heteroatoms. The zero-order valence-electron chi connectivity index (χ0n) is 9.06. The van der Waals surface area contributed by atoms with Gasteiger partial charge in [0.2, 0.25) is 0 Å². The highest BCUT2D eigenvalue weighted by atomic mass is 79.9. The van der Waals surface area contributed by atoms with Gasteiger partial charge in [-0.25, -0.2) is 0 Å². The van der Waals surface area contributed by atoms with Crippen molar-refractivity contribution in [2.75, 3.05) is 5.32 Å². The normalized spacial score (nSPS) is 10.6. The van der Waals surface area contributed by atoms with E-state index in [0.717, 1.165) is 26.6 Å². The van der Waals surface area contributed by atoms with Gasteiger partial charge in [-0.15, -0.1) is 11.3 Å². The predicted octanol–water partition coefficient (Wildman–Crippen LogP) is 5.74. The second-order valence-corrected chi connectivity index (χ2v) is 6.80. The number of benzene rings is 1. The molecule has 1 nitrogen and oxygen atoms in total. The molecule has 0 bridgehead atoms. The van der Waals surface area contributed by atoms with Crippen LogP contribution >= 0.6 is 50.5 Å². The lowest BCUT2D eigenvalue weighted by Gasteiger charge is -2.09. The third-order valence-corrected chi connectivity index (χ3v) is 4.63. The molecular formula is C12H10BrCl2NS. The molecule has 1 heterocycles. The van der Waals surface area contributed by atoms with Crippen molar-refractivity contribution in [2.45, 2.75) is 13.5 Å². The van der Waals surface area contributed by atoms with Crippen LogP contribution in [0.5, 0.6) is 0 Å². The Balaban J connectivity index is 2.11. The summed E-state index contributed by atoms with van der Waals surface area (Å²) in [6.07, 6.45) is 0. The third kappa shape index (κ3) is 3.38. The fourth-order valence-corrected chi connectivity index (χ4v) is 3.08. The Morgan fingerprint density at radius 2 is 2.00 bits per heavy atom. The highest BCUT2D eigenvalue weighted by Gasteiger charge is 2.05. The zero-order valence-corrected chi connectivity index (χ0v) is 13.0. The van der Waals surface area contributed by atoms with Crippen LogP contribution in [0.3, 0.4) is 0 Å². The summed E-state index contributed by atoms with van der Waals surface area (Å²) in [5.74, 6) is 0. The SMILES string of the molecule is Cc1cc(Cl)c(NCc2csc(Br)c2)cc1Cl. The summed E-state index contributed by atoms with van der Waals surface area (Å²) in [5.41, 5.74) is 3.07. The van der Waals surface area contributed by atoms with Crippen molar-refractivity contribution in [3.8, 4) is 0 Å². The monoisotopic (exact) mass is 349 g/mol. The van der Waals surface area contributed by atoms with E-state index in [2.05, 4.69) is 32.7 Å². The van der Waals surface area contributed by atoms with Gasteiger partial charge >= 0.3 is 0 Å². The van der Waals surface area contributed by atoms with Gasteiger partial charge in [-0.2, -0.15) is 0 Å². The molecule has 2 rings (SSSR count). The van der Waals surface area contributed by atoms with Gasteiger partial charge in [0.05, 0.1) is 14.5 Å². The van der Waals surface area contributed by atoms with Crippen LogP contribution in [-0.4, -0.2) is 0 Å². The molecule has 90 valence electrons. The summed E-state index contributed by atoms with van der Waals surface area (Å²) in [6, 6.07) is 5.82. The van der Waals surface area contributed by atoms with E-state index in [9.17, 15) is 0 Å². The van der Waals surface area contributed by atoms with Gasteiger partial charge in [0, 0.05) is 11.6 Å². The van der Waals surface area contributed by atoms with Crippen LogP contribution in [0, 0.1) is 6.92 Å². The van der Waals surface area contributed by atoms with E-state index in [0.29, 0.717) is 5.02 Å². The van der Waals surface area contributed by atoms with E-state index in [1.165, 1.54) is 5.56 Å². The van der Waals surface area contributed by atoms with Crippen LogP contribution in [0.15, 0.2) is 27.4 Å².